The Morgan fingerprint density at radius 2 is 1.93 bits per heavy atom. The van der Waals surface area contributed by atoms with Gasteiger partial charge >= 0.3 is 5.97 Å². The summed E-state index contributed by atoms with van der Waals surface area (Å²) in [7, 11) is 3.07. The largest absolute Gasteiger partial charge is 0.491 e. The van der Waals surface area contributed by atoms with Crippen molar-refractivity contribution >= 4 is 5.97 Å². The number of hydrogen-bond acceptors (Lipinski definition) is 5. The molecule has 27 heavy (non-hydrogen) atoms. The third-order valence-electron chi connectivity index (χ3n) is 5.29. The summed E-state index contributed by atoms with van der Waals surface area (Å²) in [6.07, 6.45) is 5.15. The predicted octanol–water partition coefficient (Wildman–Crippen LogP) is 3.09. The van der Waals surface area contributed by atoms with E-state index in [0.717, 1.165) is 31.2 Å². The van der Waals surface area contributed by atoms with Crippen LogP contribution < -0.4 is 14.9 Å². The Bertz CT molecular complexity index is 944. The minimum atomic E-state index is -1.21. The topological polar surface area (TPSA) is 90.7 Å². The van der Waals surface area contributed by atoms with Gasteiger partial charge in [-0.25, -0.2) is 9.78 Å². The van der Waals surface area contributed by atoms with Crippen molar-refractivity contribution in [1.29, 1.82) is 0 Å². The summed E-state index contributed by atoms with van der Waals surface area (Å²) < 4.78 is 12.6. The molecular weight excluding hydrogens is 348 g/mol. The third-order valence-corrected chi connectivity index (χ3v) is 5.29. The van der Waals surface area contributed by atoms with Crippen molar-refractivity contribution in [2.75, 3.05) is 14.2 Å². The first-order valence-electron chi connectivity index (χ1n) is 9.12. The van der Waals surface area contributed by atoms with Crippen LogP contribution in [0.2, 0.25) is 0 Å². The zero-order valence-electron chi connectivity index (χ0n) is 16.0. The molecule has 7 nitrogen and oxygen atoms in total. The van der Waals surface area contributed by atoms with Gasteiger partial charge < -0.3 is 19.1 Å². The van der Waals surface area contributed by atoms with E-state index >= 15 is 0 Å². The molecule has 0 saturated heterocycles. The molecule has 144 valence electrons. The quantitative estimate of drug-likeness (QED) is 0.890. The second-order valence-corrected chi connectivity index (χ2v) is 6.57. The monoisotopic (exact) mass is 372 g/mol. The molecule has 0 amide bonds. The van der Waals surface area contributed by atoms with E-state index in [2.05, 4.69) is 4.98 Å². The number of carboxylic acid groups (broad SMARTS) is 1. The normalized spacial score (nSPS) is 15.6. The van der Waals surface area contributed by atoms with Crippen LogP contribution in [0.4, 0.5) is 0 Å². The second-order valence-electron chi connectivity index (χ2n) is 6.57. The highest BCUT2D eigenvalue weighted by Gasteiger charge is 2.44. The lowest BCUT2D eigenvalue weighted by Gasteiger charge is -2.48. The van der Waals surface area contributed by atoms with Crippen LogP contribution in [0.3, 0.4) is 0 Å². The van der Waals surface area contributed by atoms with Gasteiger partial charge in [-0.05, 0) is 37.3 Å². The van der Waals surface area contributed by atoms with Crippen molar-refractivity contribution in [2.24, 2.45) is 0 Å². The van der Waals surface area contributed by atoms with Crippen LogP contribution in [0.15, 0.2) is 23.1 Å². The number of aromatic nitrogens is 2. The summed E-state index contributed by atoms with van der Waals surface area (Å²) in [4.78, 5) is 28.2. The van der Waals surface area contributed by atoms with E-state index < -0.39 is 11.4 Å². The van der Waals surface area contributed by atoms with E-state index in [1.165, 1.54) is 19.4 Å². The Labute approximate surface area is 157 Å². The number of carbonyl (C=O) groups is 1. The maximum atomic E-state index is 12.3. The summed E-state index contributed by atoms with van der Waals surface area (Å²) in [6, 6.07) is 3.28. The van der Waals surface area contributed by atoms with Crippen molar-refractivity contribution in [1.82, 2.24) is 9.55 Å². The summed E-state index contributed by atoms with van der Waals surface area (Å²) in [6.45, 7) is 4.00. The summed E-state index contributed by atoms with van der Waals surface area (Å²) in [5.74, 6) is -0.318. The molecule has 2 aromatic heterocycles. The molecule has 3 heterocycles. The van der Waals surface area contributed by atoms with Gasteiger partial charge in [0.05, 0.1) is 25.6 Å². The van der Waals surface area contributed by atoms with E-state index in [1.54, 1.807) is 7.11 Å². The number of ether oxygens (including phenoxy) is 2. The predicted molar refractivity (Wildman–Crippen MR) is 101 cm³/mol. The van der Waals surface area contributed by atoms with E-state index in [-0.39, 0.29) is 11.1 Å². The maximum Gasteiger partial charge on any atom is 0.341 e. The number of carboxylic acids is 1. The van der Waals surface area contributed by atoms with E-state index in [1.807, 2.05) is 24.5 Å². The van der Waals surface area contributed by atoms with Gasteiger partial charge in [0.2, 0.25) is 0 Å². The molecule has 1 spiro atoms. The molecule has 0 bridgehead atoms. The van der Waals surface area contributed by atoms with Crippen molar-refractivity contribution in [3.8, 4) is 23.0 Å². The zero-order chi connectivity index (χ0) is 19.8. The molecule has 4 rings (SSSR count). The van der Waals surface area contributed by atoms with Crippen LogP contribution in [-0.2, 0) is 12.0 Å². The van der Waals surface area contributed by atoms with Gasteiger partial charge in [-0.2, -0.15) is 0 Å². The Hall–Kier alpha value is -2.83. The molecule has 7 heteroatoms. The van der Waals surface area contributed by atoms with Crippen molar-refractivity contribution in [3.05, 3.63) is 39.7 Å². The molecule has 0 unspecified atom stereocenters. The number of aromatic carboxylic acids is 1. The van der Waals surface area contributed by atoms with Crippen LogP contribution >= 0.6 is 0 Å². The number of methoxy groups -OCH3 is 2. The molecule has 1 fully saturated rings. The molecule has 1 N–H and O–H groups in total. The number of fused-ring (bicyclic) bond motifs is 4. The lowest BCUT2D eigenvalue weighted by Crippen LogP contribution is -2.46. The SMILES string of the molecule is CC.COc1cc2c(nc1OC)-c1cc(=O)c(C(=O)O)cn1C1(CCC1)C2. The molecule has 1 aliphatic heterocycles. The van der Waals surface area contributed by atoms with Gasteiger partial charge in [-0.15, -0.1) is 0 Å². The van der Waals surface area contributed by atoms with Gasteiger partial charge in [0, 0.05) is 17.8 Å². The van der Waals surface area contributed by atoms with Crippen LogP contribution in [0.1, 0.15) is 49.0 Å². The lowest BCUT2D eigenvalue weighted by molar-refractivity contribution is 0.0691. The molecule has 0 radical (unpaired) electrons. The number of pyridine rings is 2. The summed E-state index contributed by atoms with van der Waals surface area (Å²) in [5.41, 5.74) is 1.35. The van der Waals surface area contributed by atoms with E-state index in [9.17, 15) is 14.7 Å². The summed E-state index contributed by atoms with van der Waals surface area (Å²) in [5, 5.41) is 9.31. The number of rotatable bonds is 3. The van der Waals surface area contributed by atoms with Gasteiger partial charge in [-0.1, -0.05) is 13.8 Å². The zero-order valence-corrected chi connectivity index (χ0v) is 16.0. The fourth-order valence-corrected chi connectivity index (χ4v) is 3.88. The van der Waals surface area contributed by atoms with Crippen LogP contribution in [0, 0.1) is 0 Å². The summed E-state index contributed by atoms with van der Waals surface area (Å²) >= 11 is 0. The highest BCUT2D eigenvalue weighted by molar-refractivity contribution is 5.87. The molecule has 2 aromatic rings. The molecule has 0 atom stereocenters. The molecule has 1 saturated carbocycles. The first-order chi connectivity index (χ1) is 13.0. The number of nitrogens with zero attached hydrogens (tertiary/aromatic N) is 2. The van der Waals surface area contributed by atoms with Gasteiger partial charge in [-0.3, -0.25) is 4.79 Å². The van der Waals surface area contributed by atoms with Crippen molar-refractivity contribution < 1.29 is 19.4 Å². The van der Waals surface area contributed by atoms with E-state index in [0.29, 0.717) is 23.0 Å². The van der Waals surface area contributed by atoms with Gasteiger partial charge in [0.1, 0.15) is 5.56 Å². The average molecular weight is 372 g/mol. The first kappa shape index (κ1) is 18.9. The third kappa shape index (κ3) is 2.87. The Kier molecular flexibility index (Phi) is 4.95. The Balaban J connectivity index is 0.00000102. The first-order valence-corrected chi connectivity index (χ1v) is 9.12. The maximum absolute atomic E-state index is 12.3. The van der Waals surface area contributed by atoms with Gasteiger partial charge in [0.25, 0.3) is 5.88 Å². The Morgan fingerprint density at radius 1 is 1.22 bits per heavy atom. The van der Waals surface area contributed by atoms with Crippen molar-refractivity contribution in [3.63, 3.8) is 0 Å². The fraction of sp³-hybridized carbons (Fsp3) is 0.450. The molecule has 0 aromatic carbocycles. The van der Waals surface area contributed by atoms with Crippen LogP contribution in [0.25, 0.3) is 11.4 Å². The lowest BCUT2D eigenvalue weighted by atomic mass is 9.70. The second kappa shape index (κ2) is 7.06. The minimum Gasteiger partial charge on any atom is -0.491 e. The highest BCUT2D eigenvalue weighted by atomic mass is 16.5. The van der Waals surface area contributed by atoms with Crippen LogP contribution in [-0.4, -0.2) is 34.8 Å². The molecular formula is C20H24N2O5. The van der Waals surface area contributed by atoms with Gasteiger partial charge in [0.15, 0.2) is 11.2 Å². The molecule has 2 aliphatic rings. The van der Waals surface area contributed by atoms with Crippen molar-refractivity contribution in [2.45, 2.75) is 45.1 Å². The Morgan fingerprint density at radius 3 is 2.44 bits per heavy atom. The fourth-order valence-electron chi connectivity index (χ4n) is 3.88. The average Bonchev–Trinajstić information content (AvgIpc) is 2.65. The smallest absolute Gasteiger partial charge is 0.341 e. The number of hydrogen-bond donors (Lipinski definition) is 1. The highest BCUT2D eigenvalue weighted by Crippen LogP contribution is 2.49. The molecule has 1 aliphatic carbocycles. The minimum absolute atomic E-state index is 0.193. The van der Waals surface area contributed by atoms with Crippen LogP contribution in [0.5, 0.6) is 11.6 Å². The standard InChI is InChI=1S/C18H18N2O5.C2H6/c1-24-14-6-10-8-18(4-3-5-18)20-9-11(17(22)23)13(21)7-12(20)15(10)19-16(14)25-2;1-2/h6-7,9H,3-5,8H2,1-2H3,(H,22,23);1-2H3. The van der Waals surface area contributed by atoms with E-state index in [4.69, 9.17) is 9.47 Å².